The van der Waals surface area contributed by atoms with Gasteiger partial charge in [0.05, 0.1) is 13.1 Å². The number of carbonyl (C=O) groups is 2. The summed E-state index contributed by atoms with van der Waals surface area (Å²) < 4.78 is 0. The van der Waals surface area contributed by atoms with E-state index in [0.29, 0.717) is 12.5 Å². The minimum Gasteiger partial charge on any atom is -0.369 e. The molecule has 0 heterocycles. The van der Waals surface area contributed by atoms with Gasteiger partial charge < -0.3 is 11.1 Å². The Morgan fingerprint density at radius 3 is 2.74 bits per heavy atom. The van der Waals surface area contributed by atoms with Crippen molar-refractivity contribution >= 4 is 11.8 Å². The van der Waals surface area contributed by atoms with Gasteiger partial charge in [0, 0.05) is 18.5 Å². The second-order valence-electron chi connectivity index (χ2n) is 6.56. The molecule has 0 spiro atoms. The molecule has 126 valence electrons. The first-order valence-corrected chi connectivity index (χ1v) is 8.34. The fourth-order valence-corrected chi connectivity index (χ4v) is 3.17. The van der Waals surface area contributed by atoms with Crippen molar-refractivity contribution in [1.82, 2.24) is 10.2 Å². The van der Waals surface area contributed by atoms with Gasteiger partial charge in [0.25, 0.3) is 0 Å². The normalized spacial score (nSPS) is 17.1. The Bertz CT molecular complexity index is 557. The molecule has 0 fully saturated rings. The number of amides is 2. The lowest BCUT2D eigenvalue weighted by molar-refractivity contribution is -0.124. The van der Waals surface area contributed by atoms with Crippen molar-refractivity contribution in [3.63, 3.8) is 0 Å². The number of rotatable bonds is 7. The van der Waals surface area contributed by atoms with Crippen LogP contribution in [0, 0.1) is 0 Å². The van der Waals surface area contributed by atoms with Gasteiger partial charge >= 0.3 is 0 Å². The molecular weight excluding hydrogens is 290 g/mol. The molecule has 3 N–H and O–H groups in total. The van der Waals surface area contributed by atoms with Gasteiger partial charge in [-0.15, -0.1) is 0 Å². The SMILES string of the molecule is CC(C)N(CC(N)=O)CC(=O)NC[C@H]1CCCc2ccccc21. The van der Waals surface area contributed by atoms with E-state index in [1.165, 1.54) is 11.1 Å². The fourth-order valence-electron chi connectivity index (χ4n) is 3.17. The molecule has 0 aliphatic heterocycles. The molecule has 0 radical (unpaired) electrons. The maximum Gasteiger partial charge on any atom is 0.234 e. The Morgan fingerprint density at radius 2 is 2.04 bits per heavy atom. The smallest absolute Gasteiger partial charge is 0.234 e. The van der Waals surface area contributed by atoms with Crippen molar-refractivity contribution in [3.8, 4) is 0 Å². The van der Waals surface area contributed by atoms with Crippen molar-refractivity contribution < 1.29 is 9.59 Å². The Morgan fingerprint density at radius 1 is 1.30 bits per heavy atom. The van der Waals surface area contributed by atoms with Crippen LogP contribution in [0.1, 0.15) is 43.7 Å². The van der Waals surface area contributed by atoms with Crippen LogP contribution in [0.2, 0.25) is 0 Å². The second kappa shape index (κ2) is 8.11. The Hall–Kier alpha value is -1.88. The van der Waals surface area contributed by atoms with Crippen molar-refractivity contribution in [2.24, 2.45) is 5.73 Å². The van der Waals surface area contributed by atoms with Gasteiger partial charge in [-0.25, -0.2) is 0 Å². The zero-order chi connectivity index (χ0) is 16.8. The molecule has 1 aliphatic rings. The van der Waals surface area contributed by atoms with Gasteiger partial charge in [-0.1, -0.05) is 24.3 Å². The molecule has 1 aromatic rings. The Labute approximate surface area is 138 Å². The Balaban J connectivity index is 1.88. The first-order chi connectivity index (χ1) is 11.0. The minimum absolute atomic E-state index is 0.0528. The molecule has 0 bridgehead atoms. The predicted octanol–water partition coefficient (Wildman–Crippen LogP) is 1.42. The summed E-state index contributed by atoms with van der Waals surface area (Å²) >= 11 is 0. The third-order valence-electron chi connectivity index (χ3n) is 4.48. The summed E-state index contributed by atoms with van der Waals surface area (Å²) in [5, 5.41) is 3.02. The topological polar surface area (TPSA) is 75.4 Å². The zero-order valence-corrected chi connectivity index (χ0v) is 14.0. The number of nitrogens with zero attached hydrogens (tertiary/aromatic N) is 1. The fraction of sp³-hybridized carbons (Fsp3) is 0.556. The third-order valence-corrected chi connectivity index (χ3v) is 4.48. The second-order valence-corrected chi connectivity index (χ2v) is 6.56. The number of nitrogens with two attached hydrogens (primary N) is 1. The molecule has 0 aromatic heterocycles. The van der Waals surface area contributed by atoms with Crippen LogP contribution in [0.3, 0.4) is 0 Å². The largest absolute Gasteiger partial charge is 0.369 e. The first-order valence-electron chi connectivity index (χ1n) is 8.34. The van der Waals surface area contributed by atoms with E-state index in [0.717, 1.165) is 19.3 Å². The van der Waals surface area contributed by atoms with Crippen LogP contribution >= 0.6 is 0 Å². The van der Waals surface area contributed by atoms with Crippen LogP contribution in [0.5, 0.6) is 0 Å². The molecular formula is C18H27N3O2. The number of benzene rings is 1. The van der Waals surface area contributed by atoms with Gasteiger partial charge in [-0.2, -0.15) is 0 Å². The summed E-state index contributed by atoms with van der Waals surface area (Å²) in [6.45, 7) is 4.87. The highest BCUT2D eigenvalue weighted by atomic mass is 16.2. The molecule has 2 amide bonds. The predicted molar refractivity (Wildman–Crippen MR) is 91.0 cm³/mol. The van der Waals surface area contributed by atoms with Crippen LogP contribution in [-0.2, 0) is 16.0 Å². The summed E-state index contributed by atoms with van der Waals surface area (Å²) in [6, 6.07) is 8.58. The summed E-state index contributed by atoms with van der Waals surface area (Å²) in [6.07, 6.45) is 3.39. The van der Waals surface area contributed by atoms with E-state index in [1.54, 1.807) is 4.90 Å². The lowest BCUT2D eigenvalue weighted by Gasteiger charge is -2.27. The molecule has 2 rings (SSSR count). The molecule has 5 nitrogen and oxygen atoms in total. The molecule has 0 unspecified atom stereocenters. The molecule has 1 atom stereocenters. The highest BCUT2D eigenvalue weighted by Gasteiger charge is 2.21. The number of fused-ring (bicyclic) bond motifs is 1. The van der Waals surface area contributed by atoms with E-state index in [9.17, 15) is 9.59 Å². The van der Waals surface area contributed by atoms with Gasteiger partial charge in [-0.3, -0.25) is 14.5 Å². The molecule has 0 saturated carbocycles. The van der Waals surface area contributed by atoms with E-state index in [2.05, 4.69) is 29.6 Å². The van der Waals surface area contributed by atoms with Gasteiger partial charge in [-0.05, 0) is 44.2 Å². The van der Waals surface area contributed by atoms with Crippen molar-refractivity contribution in [1.29, 1.82) is 0 Å². The summed E-state index contributed by atoms with van der Waals surface area (Å²) in [4.78, 5) is 25.1. The maximum absolute atomic E-state index is 12.2. The van der Waals surface area contributed by atoms with Crippen LogP contribution in [0.15, 0.2) is 24.3 Å². The van der Waals surface area contributed by atoms with Crippen LogP contribution in [0.25, 0.3) is 0 Å². The number of nitrogens with one attached hydrogen (secondary N) is 1. The van der Waals surface area contributed by atoms with Gasteiger partial charge in [0.2, 0.25) is 11.8 Å². The highest BCUT2D eigenvalue weighted by molar-refractivity contribution is 5.80. The van der Waals surface area contributed by atoms with Gasteiger partial charge in [0.1, 0.15) is 0 Å². The van der Waals surface area contributed by atoms with Crippen molar-refractivity contribution in [3.05, 3.63) is 35.4 Å². The van der Waals surface area contributed by atoms with E-state index >= 15 is 0 Å². The molecule has 1 aromatic carbocycles. The lowest BCUT2D eigenvalue weighted by Crippen LogP contribution is -2.45. The third kappa shape index (κ3) is 5.06. The average Bonchev–Trinajstić information content (AvgIpc) is 2.51. The molecule has 23 heavy (non-hydrogen) atoms. The van der Waals surface area contributed by atoms with Crippen LogP contribution < -0.4 is 11.1 Å². The van der Waals surface area contributed by atoms with Crippen molar-refractivity contribution in [2.45, 2.75) is 45.1 Å². The molecule has 1 aliphatic carbocycles. The van der Waals surface area contributed by atoms with E-state index in [4.69, 9.17) is 5.73 Å². The average molecular weight is 317 g/mol. The summed E-state index contributed by atoms with van der Waals surface area (Å²) in [5.74, 6) is -0.0803. The number of carbonyl (C=O) groups excluding carboxylic acids is 2. The van der Waals surface area contributed by atoms with E-state index in [1.807, 2.05) is 13.8 Å². The maximum atomic E-state index is 12.2. The molecule has 0 saturated heterocycles. The number of primary amides is 1. The van der Waals surface area contributed by atoms with E-state index in [-0.39, 0.29) is 25.0 Å². The number of hydrogen-bond acceptors (Lipinski definition) is 3. The van der Waals surface area contributed by atoms with Crippen LogP contribution in [0.4, 0.5) is 0 Å². The standard InChI is InChI=1S/C18H27N3O2/c1-13(2)21(11-17(19)22)12-18(23)20-10-15-8-5-7-14-6-3-4-9-16(14)15/h3-4,6,9,13,15H,5,7-8,10-12H2,1-2H3,(H2,19,22)(H,20,23)/t15-/m1/s1. The zero-order valence-electron chi connectivity index (χ0n) is 14.0. The highest BCUT2D eigenvalue weighted by Crippen LogP contribution is 2.30. The lowest BCUT2D eigenvalue weighted by atomic mass is 9.83. The molecule has 5 heteroatoms. The van der Waals surface area contributed by atoms with Crippen LogP contribution in [-0.4, -0.2) is 42.4 Å². The summed E-state index contributed by atoms with van der Waals surface area (Å²) in [5.41, 5.74) is 8.00. The van der Waals surface area contributed by atoms with E-state index < -0.39 is 5.91 Å². The quantitative estimate of drug-likeness (QED) is 0.798. The minimum atomic E-state index is -0.410. The number of aryl methyl sites for hydroxylation is 1. The monoisotopic (exact) mass is 317 g/mol. The van der Waals surface area contributed by atoms with Gasteiger partial charge in [0.15, 0.2) is 0 Å². The number of hydrogen-bond donors (Lipinski definition) is 2. The Kier molecular flexibility index (Phi) is 6.16. The summed E-state index contributed by atoms with van der Waals surface area (Å²) in [7, 11) is 0. The van der Waals surface area contributed by atoms with Crippen molar-refractivity contribution in [2.75, 3.05) is 19.6 Å². The first kappa shape index (κ1) is 17.5.